The Labute approximate surface area is 93.6 Å². The molecule has 0 fully saturated rings. The molecule has 0 bridgehead atoms. The van der Waals surface area contributed by atoms with Crippen LogP contribution < -0.4 is 10.1 Å². The van der Waals surface area contributed by atoms with Crippen molar-refractivity contribution in [2.45, 2.75) is 13.0 Å². The average Bonchev–Trinajstić information content (AvgIpc) is 2.78. The maximum atomic E-state index is 5.22. The lowest BCUT2D eigenvalue weighted by atomic mass is 9.97. The number of hydrogen-bond acceptors (Lipinski definition) is 3. The van der Waals surface area contributed by atoms with E-state index in [1.54, 1.807) is 7.11 Å². The highest BCUT2D eigenvalue weighted by Crippen LogP contribution is 2.40. The molecule has 16 heavy (non-hydrogen) atoms. The van der Waals surface area contributed by atoms with Crippen molar-refractivity contribution in [3.05, 3.63) is 30.0 Å². The molecule has 4 nitrogen and oxygen atoms in total. The van der Waals surface area contributed by atoms with Gasteiger partial charge in [-0.3, -0.25) is 5.10 Å². The second kappa shape index (κ2) is 3.27. The molecule has 2 heterocycles. The van der Waals surface area contributed by atoms with Crippen LogP contribution in [0.4, 0.5) is 5.69 Å². The number of aromatic nitrogens is 2. The molecule has 0 amide bonds. The summed E-state index contributed by atoms with van der Waals surface area (Å²) in [4.78, 5) is 0. The highest BCUT2D eigenvalue weighted by Gasteiger charge is 2.22. The standard InChI is InChI=1S/C12H13N3O/c1-7-10-6-13-15-12(10)9-4-3-8(16-2)5-11(9)14-7/h3-7,14H,1-2H3,(H,13,15). The summed E-state index contributed by atoms with van der Waals surface area (Å²) in [6.07, 6.45) is 1.88. The Morgan fingerprint density at radius 2 is 2.25 bits per heavy atom. The number of anilines is 1. The second-order valence-corrected chi connectivity index (χ2v) is 3.98. The van der Waals surface area contributed by atoms with Gasteiger partial charge in [0.05, 0.1) is 25.0 Å². The Kier molecular flexibility index (Phi) is 1.89. The number of benzene rings is 1. The fourth-order valence-electron chi connectivity index (χ4n) is 2.14. The zero-order valence-corrected chi connectivity index (χ0v) is 9.24. The zero-order chi connectivity index (χ0) is 11.1. The highest BCUT2D eigenvalue weighted by atomic mass is 16.5. The quantitative estimate of drug-likeness (QED) is 0.768. The van der Waals surface area contributed by atoms with E-state index in [-0.39, 0.29) is 6.04 Å². The van der Waals surface area contributed by atoms with E-state index < -0.39 is 0 Å². The largest absolute Gasteiger partial charge is 0.497 e. The number of nitrogens with one attached hydrogen (secondary N) is 2. The van der Waals surface area contributed by atoms with Crippen molar-refractivity contribution in [3.63, 3.8) is 0 Å². The molecule has 0 saturated carbocycles. The van der Waals surface area contributed by atoms with E-state index >= 15 is 0 Å². The summed E-state index contributed by atoms with van der Waals surface area (Å²) in [5.41, 5.74) is 4.54. The number of fused-ring (bicyclic) bond motifs is 3. The van der Waals surface area contributed by atoms with Crippen LogP contribution in [0.15, 0.2) is 24.4 Å². The lowest BCUT2D eigenvalue weighted by Crippen LogP contribution is -2.12. The smallest absolute Gasteiger partial charge is 0.120 e. The summed E-state index contributed by atoms with van der Waals surface area (Å²) in [7, 11) is 1.68. The number of rotatable bonds is 1. The first-order valence-electron chi connectivity index (χ1n) is 5.28. The zero-order valence-electron chi connectivity index (χ0n) is 9.24. The van der Waals surface area contributed by atoms with Gasteiger partial charge < -0.3 is 10.1 Å². The van der Waals surface area contributed by atoms with E-state index in [2.05, 4.69) is 22.4 Å². The third-order valence-corrected chi connectivity index (χ3v) is 3.00. The molecule has 1 aromatic heterocycles. The SMILES string of the molecule is COc1ccc2c(c1)NC(C)c1cn[nH]c1-2. The molecule has 2 aromatic rings. The second-order valence-electron chi connectivity index (χ2n) is 3.98. The third kappa shape index (κ3) is 1.19. The molecule has 1 aliphatic rings. The molecular formula is C12H13N3O. The van der Waals surface area contributed by atoms with Crippen molar-refractivity contribution < 1.29 is 4.74 Å². The van der Waals surface area contributed by atoms with Gasteiger partial charge in [-0.2, -0.15) is 5.10 Å². The monoisotopic (exact) mass is 215 g/mol. The Bertz CT molecular complexity index is 533. The van der Waals surface area contributed by atoms with Gasteiger partial charge in [-0.05, 0) is 19.1 Å². The number of aromatic amines is 1. The van der Waals surface area contributed by atoms with Crippen LogP contribution in [0.3, 0.4) is 0 Å². The van der Waals surface area contributed by atoms with Crippen molar-refractivity contribution in [1.82, 2.24) is 10.2 Å². The van der Waals surface area contributed by atoms with Crippen LogP contribution in [0.5, 0.6) is 5.75 Å². The van der Waals surface area contributed by atoms with Gasteiger partial charge in [0.25, 0.3) is 0 Å². The van der Waals surface area contributed by atoms with Crippen LogP contribution >= 0.6 is 0 Å². The number of methoxy groups -OCH3 is 1. The third-order valence-electron chi connectivity index (χ3n) is 3.00. The van der Waals surface area contributed by atoms with Gasteiger partial charge in [0, 0.05) is 22.9 Å². The van der Waals surface area contributed by atoms with Crippen LogP contribution in [-0.4, -0.2) is 17.3 Å². The van der Waals surface area contributed by atoms with E-state index in [9.17, 15) is 0 Å². The molecule has 1 aliphatic heterocycles. The summed E-state index contributed by atoms with van der Waals surface area (Å²) in [5.74, 6) is 0.862. The van der Waals surface area contributed by atoms with Gasteiger partial charge in [0.1, 0.15) is 5.75 Å². The van der Waals surface area contributed by atoms with Crippen molar-refractivity contribution in [2.75, 3.05) is 12.4 Å². The molecule has 1 atom stereocenters. The maximum Gasteiger partial charge on any atom is 0.120 e. The van der Waals surface area contributed by atoms with E-state index in [1.165, 1.54) is 5.56 Å². The fraction of sp³-hybridized carbons (Fsp3) is 0.250. The molecule has 0 saturated heterocycles. The Morgan fingerprint density at radius 3 is 3.06 bits per heavy atom. The molecule has 0 radical (unpaired) electrons. The van der Waals surface area contributed by atoms with Crippen LogP contribution in [0, 0.1) is 0 Å². The summed E-state index contributed by atoms with van der Waals surface area (Å²) in [5, 5.41) is 10.6. The van der Waals surface area contributed by atoms with Crippen molar-refractivity contribution in [1.29, 1.82) is 0 Å². The number of H-pyrrole nitrogens is 1. The van der Waals surface area contributed by atoms with E-state index in [0.29, 0.717) is 0 Å². The van der Waals surface area contributed by atoms with Gasteiger partial charge in [-0.25, -0.2) is 0 Å². The van der Waals surface area contributed by atoms with Crippen LogP contribution in [0.1, 0.15) is 18.5 Å². The first kappa shape index (κ1) is 9.27. The predicted molar refractivity (Wildman–Crippen MR) is 62.6 cm³/mol. The van der Waals surface area contributed by atoms with E-state index in [0.717, 1.165) is 22.7 Å². The van der Waals surface area contributed by atoms with Gasteiger partial charge in [0.15, 0.2) is 0 Å². The predicted octanol–water partition coefficient (Wildman–Crippen LogP) is 2.57. The molecule has 1 aromatic carbocycles. The first-order chi connectivity index (χ1) is 7.79. The number of ether oxygens (including phenoxy) is 1. The average molecular weight is 215 g/mol. The normalized spacial score (nSPS) is 17.2. The molecular weight excluding hydrogens is 202 g/mol. The Hall–Kier alpha value is -1.97. The van der Waals surface area contributed by atoms with E-state index in [1.807, 2.05) is 24.4 Å². The highest BCUT2D eigenvalue weighted by molar-refractivity contribution is 5.82. The maximum absolute atomic E-state index is 5.22. The number of nitrogens with zero attached hydrogens (tertiary/aromatic N) is 1. The lowest BCUT2D eigenvalue weighted by Gasteiger charge is -2.24. The molecule has 2 N–H and O–H groups in total. The minimum absolute atomic E-state index is 0.272. The van der Waals surface area contributed by atoms with Crippen molar-refractivity contribution >= 4 is 5.69 Å². The van der Waals surface area contributed by atoms with Crippen LogP contribution in [-0.2, 0) is 0 Å². The summed E-state index contributed by atoms with van der Waals surface area (Å²) in [6.45, 7) is 2.12. The van der Waals surface area contributed by atoms with Gasteiger partial charge >= 0.3 is 0 Å². The topological polar surface area (TPSA) is 49.9 Å². The summed E-state index contributed by atoms with van der Waals surface area (Å²) < 4.78 is 5.22. The number of hydrogen-bond donors (Lipinski definition) is 2. The molecule has 3 rings (SSSR count). The summed E-state index contributed by atoms with van der Waals surface area (Å²) in [6, 6.07) is 6.29. The van der Waals surface area contributed by atoms with Crippen LogP contribution in [0.2, 0.25) is 0 Å². The molecule has 4 heteroatoms. The lowest BCUT2D eigenvalue weighted by molar-refractivity contribution is 0.415. The minimum Gasteiger partial charge on any atom is -0.497 e. The Balaban J connectivity index is 2.19. The van der Waals surface area contributed by atoms with Gasteiger partial charge in [-0.15, -0.1) is 0 Å². The molecule has 0 aliphatic carbocycles. The first-order valence-corrected chi connectivity index (χ1v) is 5.28. The van der Waals surface area contributed by atoms with Crippen molar-refractivity contribution in [2.24, 2.45) is 0 Å². The van der Waals surface area contributed by atoms with Crippen LogP contribution in [0.25, 0.3) is 11.3 Å². The summed E-state index contributed by atoms with van der Waals surface area (Å²) >= 11 is 0. The van der Waals surface area contributed by atoms with E-state index in [4.69, 9.17) is 4.74 Å². The fourth-order valence-corrected chi connectivity index (χ4v) is 2.14. The molecule has 0 spiro atoms. The minimum atomic E-state index is 0.272. The van der Waals surface area contributed by atoms with Gasteiger partial charge in [-0.1, -0.05) is 0 Å². The Morgan fingerprint density at radius 1 is 1.38 bits per heavy atom. The van der Waals surface area contributed by atoms with Crippen molar-refractivity contribution in [3.8, 4) is 17.0 Å². The molecule has 1 unspecified atom stereocenters. The van der Waals surface area contributed by atoms with Gasteiger partial charge in [0.2, 0.25) is 0 Å². The molecule has 82 valence electrons.